The normalized spacial score (nSPS) is 19.6. The number of carbonyl (C=O) groups is 1. The van der Waals surface area contributed by atoms with Crippen LogP contribution in [-0.2, 0) is 17.9 Å². The Morgan fingerprint density at radius 1 is 1.15 bits per heavy atom. The van der Waals surface area contributed by atoms with Gasteiger partial charge in [-0.2, -0.15) is 0 Å². The summed E-state index contributed by atoms with van der Waals surface area (Å²) in [5.41, 5.74) is 3.31. The van der Waals surface area contributed by atoms with Crippen molar-refractivity contribution in [1.82, 2.24) is 15.5 Å². The van der Waals surface area contributed by atoms with Crippen LogP contribution in [0.1, 0.15) is 51.2 Å². The first-order valence-electron chi connectivity index (χ1n) is 12.1. The third-order valence-corrected chi connectivity index (χ3v) is 6.52. The number of piperidine rings is 1. The second-order valence-electron chi connectivity index (χ2n) is 9.10. The molecule has 34 heavy (non-hydrogen) atoms. The molecule has 3 rings (SSSR count). The Labute approximate surface area is 222 Å². The molecule has 1 heterocycles. The molecule has 1 saturated heterocycles. The van der Waals surface area contributed by atoms with E-state index in [9.17, 15) is 4.79 Å². The summed E-state index contributed by atoms with van der Waals surface area (Å²) in [5, 5.41) is 10.0. The van der Waals surface area contributed by atoms with Gasteiger partial charge >= 0.3 is 0 Å². The van der Waals surface area contributed by atoms with Gasteiger partial charge in [-0.05, 0) is 49.4 Å². The van der Waals surface area contributed by atoms with Gasteiger partial charge in [0.25, 0.3) is 0 Å². The first kappa shape index (κ1) is 28.1. The van der Waals surface area contributed by atoms with Gasteiger partial charge in [0.05, 0.1) is 0 Å². The Balaban J connectivity index is 0.00000408. The molecule has 1 aliphatic heterocycles. The van der Waals surface area contributed by atoms with Crippen molar-refractivity contribution in [2.45, 2.75) is 65.2 Å². The standard InChI is InChI=1S/C27H39N5O.HI/c1-5-20(2)26(33)30-24-13-9-12-23(17-24)18-29-27(28-4)31-25-14-15-32(21(3)16-25)19-22-10-7-6-8-11-22;/h6-13,17,20-21,25H,5,14-16,18-19H2,1-4H3,(H,30,33)(H2,28,29,31);1H. The monoisotopic (exact) mass is 577 g/mol. The van der Waals surface area contributed by atoms with E-state index < -0.39 is 0 Å². The van der Waals surface area contributed by atoms with Crippen LogP contribution in [0.3, 0.4) is 0 Å². The Hall–Kier alpha value is -2.13. The number of nitrogens with zero attached hydrogens (tertiary/aromatic N) is 2. The van der Waals surface area contributed by atoms with Crippen LogP contribution < -0.4 is 16.0 Å². The average Bonchev–Trinajstić information content (AvgIpc) is 2.83. The van der Waals surface area contributed by atoms with Crippen molar-refractivity contribution in [3.05, 3.63) is 65.7 Å². The fourth-order valence-corrected chi connectivity index (χ4v) is 4.19. The highest BCUT2D eigenvalue weighted by molar-refractivity contribution is 14.0. The van der Waals surface area contributed by atoms with Crippen LogP contribution in [0.25, 0.3) is 0 Å². The molecule has 0 bridgehead atoms. The van der Waals surface area contributed by atoms with Crippen molar-refractivity contribution in [3.8, 4) is 0 Å². The lowest BCUT2D eigenvalue weighted by Gasteiger charge is -2.38. The van der Waals surface area contributed by atoms with Crippen LogP contribution in [0, 0.1) is 5.92 Å². The number of rotatable bonds is 8. The van der Waals surface area contributed by atoms with Crippen LogP contribution >= 0.6 is 24.0 Å². The predicted octanol–water partition coefficient (Wildman–Crippen LogP) is 5.01. The highest BCUT2D eigenvalue weighted by Crippen LogP contribution is 2.20. The minimum atomic E-state index is 0. The molecular formula is C27H40IN5O. The Bertz CT molecular complexity index is 920. The maximum Gasteiger partial charge on any atom is 0.227 e. The first-order valence-corrected chi connectivity index (χ1v) is 12.1. The van der Waals surface area contributed by atoms with E-state index in [-0.39, 0.29) is 35.8 Å². The molecule has 6 nitrogen and oxygen atoms in total. The maximum atomic E-state index is 12.2. The van der Waals surface area contributed by atoms with Gasteiger partial charge in [0.15, 0.2) is 5.96 Å². The molecule has 1 aliphatic rings. The smallest absolute Gasteiger partial charge is 0.227 e. The molecule has 0 saturated carbocycles. The molecule has 0 aliphatic carbocycles. The minimum absolute atomic E-state index is 0. The molecule has 2 aromatic rings. The second kappa shape index (κ2) is 14.3. The lowest BCUT2D eigenvalue weighted by atomic mass is 9.97. The number of hydrogen-bond donors (Lipinski definition) is 3. The molecule has 0 aromatic heterocycles. The van der Waals surface area contributed by atoms with Gasteiger partial charge in [0.1, 0.15) is 0 Å². The number of benzene rings is 2. The van der Waals surface area contributed by atoms with Gasteiger partial charge in [-0.1, -0.05) is 56.3 Å². The van der Waals surface area contributed by atoms with Crippen LogP contribution in [0.5, 0.6) is 0 Å². The molecule has 3 N–H and O–H groups in total. The number of amides is 1. The van der Waals surface area contributed by atoms with Gasteiger partial charge in [0.2, 0.25) is 5.91 Å². The number of likely N-dealkylation sites (tertiary alicyclic amines) is 1. The lowest BCUT2D eigenvalue weighted by molar-refractivity contribution is -0.119. The number of anilines is 1. The average molecular weight is 578 g/mol. The van der Waals surface area contributed by atoms with E-state index in [1.165, 1.54) is 5.56 Å². The Morgan fingerprint density at radius 2 is 1.88 bits per heavy atom. The number of hydrogen-bond acceptors (Lipinski definition) is 3. The van der Waals surface area contributed by atoms with E-state index >= 15 is 0 Å². The molecule has 0 radical (unpaired) electrons. The second-order valence-corrected chi connectivity index (χ2v) is 9.10. The molecule has 1 amide bonds. The van der Waals surface area contributed by atoms with Crippen molar-refractivity contribution in [2.75, 3.05) is 18.9 Å². The lowest BCUT2D eigenvalue weighted by Crippen LogP contribution is -2.51. The number of guanidine groups is 1. The summed E-state index contributed by atoms with van der Waals surface area (Å²) in [6, 6.07) is 19.6. The van der Waals surface area contributed by atoms with Gasteiger partial charge in [0, 0.05) is 50.4 Å². The van der Waals surface area contributed by atoms with E-state index in [1.54, 1.807) is 0 Å². The molecule has 1 fully saturated rings. The summed E-state index contributed by atoms with van der Waals surface area (Å²) >= 11 is 0. The molecule has 2 aromatic carbocycles. The summed E-state index contributed by atoms with van der Waals surface area (Å²) < 4.78 is 0. The first-order chi connectivity index (χ1) is 16.0. The van der Waals surface area contributed by atoms with Crippen LogP contribution in [-0.4, -0.2) is 42.4 Å². The van der Waals surface area contributed by atoms with Gasteiger partial charge in [-0.15, -0.1) is 24.0 Å². The van der Waals surface area contributed by atoms with Crippen molar-refractivity contribution in [3.63, 3.8) is 0 Å². The largest absolute Gasteiger partial charge is 0.354 e. The van der Waals surface area contributed by atoms with Crippen molar-refractivity contribution in [1.29, 1.82) is 0 Å². The van der Waals surface area contributed by atoms with Gasteiger partial charge in [-0.3, -0.25) is 14.7 Å². The third kappa shape index (κ3) is 8.58. The topological polar surface area (TPSA) is 68.8 Å². The maximum absolute atomic E-state index is 12.2. The van der Waals surface area contributed by atoms with E-state index in [2.05, 4.69) is 69.2 Å². The fourth-order valence-electron chi connectivity index (χ4n) is 4.19. The highest BCUT2D eigenvalue weighted by Gasteiger charge is 2.26. The zero-order valence-electron chi connectivity index (χ0n) is 20.9. The van der Waals surface area contributed by atoms with Gasteiger partial charge in [-0.25, -0.2) is 0 Å². The molecule has 0 spiro atoms. The zero-order chi connectivity index (χ0) is 23.6. The van der Waals surface area contributed by atoms with Crippen molar-refractivity contribution < 1.29 is 4.79 Å². The van der Waals surface area contributed by atoms with E-state index in [4.69, 9.17) is 0 Å². The van der Waals surface area contributed by atoms with Crippen molar-refractivity contribution >= 4 is 41.5 Å². The summed E-state index contributed by atoms with van der Waals surface area (Å²) in [5.74, 6) is 0.891. The molecule has 3 unspecified atom stereocenters. The Kier molecular flexibility index (Phi) is 11.8. The summed E-state index contributed by atoms with van der Waals surface area (Å²) in [7, 11) is 1.81. The van der Waals surface area contributed by atoms with Crippen LogP contribution in [0.2, 0.25) is 0 Å². The minimum Gasteiger partial charge on any atom is -0.354 e. The van der Waals surface area contributed by atoms with Crippen LogP contribution in [0.15, 0.2) is 59.6 Å². The van der Waals surface area contributed by atoms with Gasteiger partial charge < -0.3 is 16.0 Å². The molecule has 7 heteroatoms. The predicted molar refractivity (Wildman–Crippen MR) is 153 cm³/mol. The van der Waals surface area contributed by atoms with E-state index in [1.807, 2.05) is 39.1 Å². The third-order valence-electron chi connectivity index (χ3n) is 6.52. The number of aliphatic imine (C=N–C) groups is 1. The molecule has 3 atom stereocenters. The number of carbonyl (C=O) groups excluding carboxylic acids is 1. The van der Waals surface area contributed by atoms with Crippen molar-refractivity contribution in [2.24, 2.45) is 10.9 Å². The fraction of sp³-hybridized carbons (Fsp3) is 0.481. The molecule has 186 valence electrons. The van der Waals surface area contributed by atoms with E-state index in [0.29, 0.717) is 18.6 Å². The summed E-state index contributed by atoms with van der Waals surface area (Å²) in [6.07, 6.45) is 3.01. The summed E-state index contributed by atoms with van der Waals surface area (Å²) in [6.45, 7) is 9.01. The molecular weight excluding hydrogens is 537 g/mol. The zero-order valence-corrected chi connectivity index (χ0v) is 23.2. The Morgan fingerprint density at radius 3 is 2.56 bits per heavy atom. The van der Waals surface area contributed by atoms with Crippen LogP contribution in [0.4, 0.5) is 5.69 Å². The number of nitrogens with one attached hydrogen (secondary N) is 3. The quantitative estimate of drug-likeness (QED) is 0.235. The van der Waals surface area contributed by atoms with E-state index in [0.717, 1.165) is 49.6 Å². The summed E-state index contributed by atoms with van der Waals surface area (Å²) in [4.78, 5) is 19.2. The highest BCUT2D eigenvalue weighted by atomic mass is 127. The number of halogens is 1. The SMILES string of the molecule is CCC(C)C(=O)Nc1cccc(CNC(=NC)NC2CCN(Cc3ccccc3)C(C)C2)c1.I.